The van der Waals surface area contributed by atoms with Crippen LogP contribution < -0.4 is 0 Å². The lowest BCUT2D eigenvalue weighted by molar-refractivity contribution is -0.139. The lowest BCUT2D eigenvalue weighted by Crippen LogP contribution is -2.09. The van der Waals surface area contributed by atoms with E-state index in [0.29, 0.717) is 0 Å². The third kappa shape index (κ3) is 3.20. The van der Waals surface area contributed by atoms with Gasteiger partial charge in [0, 0.05) is 10.6 Å². The first kappa shape index (κ1) is 14.9. The van der Waals surface area contributed by atoms with Crippen LogP contribution in [0.1, 0.15) is 15.9 Å². The second-order valence-electron chi connectivity index (χ2n) is 3.21. The molecular weight excluding hydrogens is 289 g/mol. The lowest BCUT2D eigenvalue weighted by atomic mass is 10.1. The molecule has 0 bridgehead atoms. The largest absolute Gasteiger partial charge is 0.478 e. The number of carboxylic acids is 1. The molecule has 18 heavy (non-hydrogen) atoms. The predicted molar refractivity (Wildman–Crippen MR) is 64.3 cm³/mol. The van der Waals surface area contributed by atoms with Crippen LogP contribution in [-0.4, -0.2) is 16.8 Å². The molecule has 2 nitrogen and oxygen atoms in total. The van der Waals surface area contributed by atoms with Crippen molar-refractivity contribution in [2.75, 3.05) is 5.75 Å². The zero-order valence-corrected chi connectivity index (χ0v) is 10.5. The number of alkyl halides is 3. The molecule has 0 atom stereocenters. The van der Waals surface area contributed by atoms with Crippen LogP contribution >= 0.6 is 23.4 Å². The number of rotatable bonds is 4. The first-order valence-electron chi connectivity index (χ1n) is 4.65. The normalized spacial score (nSPS) is 11.3. The van der Waals surface area contributed by atoms with E-state index < -0.39 is 22.7 Å². The standard InChI is InChI=1S/C11H8ClF3O2S/c1-2-5-18-9-7(11(13,14)15)4-3-6(8(9)12)10(16)17/h2-4H,1,5H2,(H,16,17). The molecular formula is C11H8ClF3O2S. The summed E-state index contributed by atoms with van der Waals surface area (Å²) in [5, 5.41) is 8.42. The molecule has 7 heteroatoms. The fourth-order valence-corrected chi connectivity index (χ4v) is 2.50. The first-order chi connectivity index (χ1) is 8.29. The van der Waals surface area contributed by atoms with Gasteiger partial charge < -0.3 is 5.11 Å². The first-order valence-corrected chi connectivity index (χ1v) is 6.02. The molecule has 0 amide bonds. The third-order valence-corrected chi connectivity index (χ3v) is 3.60. The second kappa shape index (κ2) is 5.67. The van der Waals surface area contributed by atoms with Crippen molar-refractivity contribution >= 4 is 29.3 Å². The lowest BCUT2D eigenvalue weighted by Gasteiger charge is -2.14. The number of aromatic carboxylic acids is 1. The van der Waals surface area contributed by atoms with Crippen molar-refractivity contribution in [3.05, 3.63) is 40.9 Å². The van der Waals surface area contributed by atoms with E-state index in [4.69, 9.17) is 16.7 Å². The van der Waals surface area contributed by atoms with Gasteiger partial charge in [-0.25, -0.2) is 4.79 Å². The SMILES string of the molecule is C=CCSc1c(C(F)(F)F)ccc(C(=O)O)c1Cl. The van der Waals surface area contributed by atoms with Gasteiger partial charge in [-0.3, -0.25) is 0 Å². The van der Waals surface area contributed by atoms with E-state index in [1.54, 1.807) is 0 Å². The number of halogens is 4. The summed E-state index contributed by atoms with van der Waals surface area (Å²) < 4.78 is 38.2. The van der Waals surface area contributed by atoms with E-state index in [2.05, 4.69) is 6.58 Å². The zero-order chi connectivity index (χ0) is 13.9. The fraction of sp³-hybridized carbons (Fsp3) is 0.182. The molecule has 1 aromatic rings. The summed E-state index contributed by atoms with van der Waals surface area (Å²) in [6.45, 7) is 3.39. The summed E-state index contributed by atoms with van der Waals surface area (Å²) in [6.07, 6.45) is -3.17. The van der Waals surface area contributed by atoms with Gasteiger partial charge in [0.25, 0.3) is 0 Å². The highest BCUT2D eigenvalue weighted by Crippen LogP contribution is 2.41. The highest BCUT2D eigenvalue weighted by Gasteiger charge is 2.35. The Morgan fingerprint density at radius 1 is 1.50 bits per heavy atom. The number of hydrogen-bond donors (Lipinski definition) is 1. The van der Waals surface area contributed by atoms with E-state index in [9.17, 15) is 18.0 Å². The van der Waals surface area contributed by atoms with Crippen molar-refractivity contribution in [3.8, 4) is 0 Å². The van der Waals surface area contributed by atoms with Crippen LogP contribution in [-0.2, 0) is 6.18 Å². The Hall–Kier alpha value is -1.14. The molecule has 0 saturated heterocycles. The van der Waals surface area contributed by atoms with Gasteiger partial charge in [-0.05, 0) is 12.1 Å². The van der Waals surface area contributed by atoms with Crippen molar-refractivity contribution in [2.24, 2.45) is 0 Å². The quantitative estimate of drug-likeness (QED) is 0.663. The molecule has 0 aliphatic heterocycles. The van der Waals surface area contributed by atoms with Gasteiger partial charge >= 0.3 is 12.1 Å². The highest BCUT2D eigenvalue weighted by molar-refractivity contribution is 7.99. The van der Waals surface area contributed by atoms with E-state index >= 15 is 0 Å². The van der Waals surface area contributed by atoms with Crippen LogP contribution in [0.15, 0.2) is 29.7 Å². The number of carbonyl (C=O) groups is 1. The Bertz CT molecular complexity index is 486. The zero-order valence-electron chi connectivity index (χ0n) is 8.92. The molecule has 0 heterocycles. The van der Waals surface area contributed by atoms with Gasteiger partial charge in [-0.1, -0.05) is 17.7 Å². The number of thioether (sulfide) groups is 1. The second-order valence-corrected chi connectivity index (χ2v) is 4.61. The molecule has 0 fully saturated rings. The summed E-state index contributed by atoms with van der Waals surface area (Å²) in [5.41, 5.74) is -1.29. The van der Waals surface area contributed by atoms with E-state index in [1.165, 1.54) is 6.08 Å². The Morgan fingerprint density at radius 3 is 2.56 bits per heavy atom. The summed E-state index contributed by atoms with van der Waals surface area (Å²) in [5.74, 6) is -1.17. The Morgan fingerprint density at radius 2 is 2.11 bits per heavy atom. The minimum atomic E-state index is -4.58. The molecule has 1 N–H and O–H groups in total. The maximum atomic E-state index is 12.7. The van der Waals surface area contributed by atoms with Crippen molar-refractivity contribution in [1.29, 1.82) is 0 Å². The number of carboxylic acid groups (broad SMARTS) is 1. The van der Waals surface area contributed by atoms with Crippen molar-refractivity contribution < 1.29 is 23.1 Å². The molecule has 0 spiro atoms. The van der Waals surface area contributed by atoms with Crippen molar-refractivity contribution in [1.82, 2.24) is 0 Å². The summed E-state index contributed by atoms with van der Waals surface area (Å²) >= 11 is 6.51. The van der Waals surface area contributed by atoms with Gasteiger partial charge in [-0.2, -0.15) is 13.2 Å². The van der Waals surface area contributed by atoms with Crippen molar-refractivity contribution in [2.45, 2.75) is 11.1 Å². The molecule has 0 aliphatic carbocycles. The van der Waals surface area contributed by atoms with E-state index in [0.717, 1.165) is 23.9 Å². The summed E-state index contributed by atoms with van der Waals surface area (Å²) in [4.78, 5) is 10.5. The molecule has 0 unspecified atom stereocenters. The van der Waals surface area contributed by atoms with Crippen LogP contribution in [0.3, 0.4) is 0 Å². The molecule has 0 saturated carbocycles. The Balaban J connectivity index is 3.41. The monoisotopic (exact) mass is 296 g/mol. The molecule has 0 radical (unpaired) electrons. The van der Waals surface area contributed by atoms with Gasteiger partial charge in [0.1, 0.15) is 0 Å². The Labute approximate surface area is 110 Å². The third-order valence-electron chi connectivity index (χ3n) is 1.98. The summed E-state index contributed by atoms with van der Waals surface area (Å²) in [6, 6.07) is 1.58. The van der Waals surface area contributed by atoms with Gasteiger partial charge in [0.05, 0.1) is 16.1 Å². The minimum absolute atomic E-state index is 0.200. The molecule has 0 aromatic heterocycles. The average Bonchev–Trinajstić information content (AvgIpc) is 2.25. The van der Waals surface area contributed by atoms with Gasteiger partial charge in [0.2, 0.25) is 0 Å². The Kier molecular flexibility index (Phi) is 4.70. The van der Waals surface area contributed by atoms with Crippen LogP contribution in [0, 0.1) is 0 Å². The van der Waals surface area contributed by atoms with Crippen molar-refractivity contribution in [3.63, 3.8) is 0 Å². The van der Waals surface area contributed by atoms with Crippen LogP contribution in [0.4, 0.5) is 13.2 Å². The van der Waals surface area contributed by atoms with Crippen LogP contribution in [0.2, 0.25) is 5.02 Å². The molecule has 98 valence electrons. The molecule has 1 aromatic carbocycles. The van der Waals surface area contributed by atoms with Crippen LogP contribution in [0.5, 0.6) is 0 Å². The molecule has 1 rings (SSSR count). The van der Waals surface area contributed by atoms with Gasteiger partial charge in [0.15, 0.2) is 0 Å². The maximum absolute atomic E-state index is 12.7. The smallest absolute Gasteiger partial charge is 0.417 e. The molecule has 0 aliphatic rings. The maximum Gasteiger partial charge on any atom is 0.417 e. The predicted octanol–water partition coefficient (Wildman–Crippen LogP) is 4.34. The highest BCUT2D eigenvalue weighted by atomic mass is 35.5. The average molecular weight is 297 g/mol. The topological polar surface area (TPSA) is 37.3 Å². The number of hydrogen-bond acceptors (Lipinski definition) is 2. The summed E-state index contributed by atoms with van der Waals surface area (Å²) in [7, 11) is 0. The fourth-order valence-electron chi connectivity index (χ4n) is 1.23. The van der Waals surface area contributed by atoms with Crippen LogP contribution in [0.25, 0.3) is 0 Å². The number of benzene rings is 1. The van der Waals surface area contributed by atoms with Gasteiger partial charge in [-0.15, -0.1) is 18.3 Å². The van der Waals surface area contributed by atoms with E-state index in [1.807, 2.05) is 0 Å². The van der Waals surface area contributed by atoms with E-state index in [-0.39, 0.29) is 16.2 Å². The minimum Gasteiger partial charge on any atom is -0.478 e.